The lowest BCUT2D eigenvalue weighted by Gasteiger charge is -2.35. The molecule has 0 spiro atoms. The average molecular weight is 348 g/mol. The number of aromatic amines is 1. The number of fused-ring (bicyclic) bond motifs is 2. The van der Waals surface area contributed by atoms with Crippen LogP contribution in [0.4, 0.5) is 0 Å². The summed E-state index contributed by atoms with van der Waals surface area (Å²) in [5.74, 6) is -0.509. The van der Waals surface area contributed by atoms with Crippen molar-refractivity contribution in [1.82, 2.24) is 9.88 Å². The highest BCUT2D eigenvalue weighted by molar-refractivity contribution is 6.07. The molecule has 5 nitrogen and oxygen atoms in total. The minimum Gasteiger partial charge on any atom is -0.464 e. The first-order valence-corrected chi connectivity index (χ1v) is 8.79. The molecule has 26 heavy (non-hydrogen) atoms. The third kappa shape index (κ3) is 2.75. The van der Waals surface area contributed by atoms with Gasteiger partial charge in [0.25, 0.3) is 5.91 Å². The molecule has 1 N–H and O–H groups in total. The molecule has 1 unspecified atom stereocenters. The van der Waals surface area contributed by atoms with Gasteiger partial charge in [-0.1, -0.05) is 42.5 Å². The Morgan fingerprint density at radius 2 is 1.85 bits per heavy atom. The summed E-state index contributed by atoms with van der Waals surface area (Å²) in [5.41, 5.74) is 3.64. The second-order valence-electron chi connectivity index (χ2n) is 6.42. The Labute approximate surface area is 151 Å². The second-order valence-corrected chi connectivity index (χ2v) is 6.42. The molecule has 2 aromatic carbocycles. The standard InChI is InChI=1S/C21H20N2O3/c1-2-26-21(25)19-11-14-7-3-4-8-15(14)13-23(19)20(24)17-12-22-18-10-6-5-9-16(17)18/h3-10,12,19,22H,2,11,13H2,1H3. The highest BCUT2D eigenvalue weighted by atomic mass is 16.5. The van der Waals surface area contributed by atoms with Gasteiger partial charge in [0.2, 0.25) is 0 Å². The summed E-state index contributed by atoms with van der Waals surface area (Å²) in [6, 6.07) is 15.0. The van der Waals surface area contributed by atoms with Crippen LogP contribution >= 0.6 is 0 Å². The van der Waals surface area contributed by atoms with Crippen molar-refractivity contribution in [1.29, 1.82) is 0 Å². The van der Waals surface area contributed by atoms with E-state index in [4.69, 9.17) is 4.74 Å². The molecule has 132 valence electrons. The number of hydrogen-bond donors (Lipinski definition) is 1. The van der Waals surface area contributed by atoms with Gasteiger partial charge in [-0.15, -0.1) is 0 Å². The van der Waals surface area contributed by atoms with Crippen LogP contribution in [0.1, 0.15) is 28.4 Å². The zero-order valence-electron chi connectivity index (χ0n) is 14.6. The van der Waals surface area contributed by atoms with Gasteiger partial charge in [-0.3, -0.25) is 4.79 Å². The van der Waals surface area contributed by atoms with Crippen LogP contribution < -0.4 is 0 Å². The van der Waals surface area contributed by atoms with Crippen molar-refractivity contribution in [2.45, 2.75) is 25.9 Å². The maximum atomic E-state index is 13.3. The number of hydrogen-bond acceptors (Lipinski definition) is 3. The van der Waals surface area contributed by atoms with E-state index in [1.807, 2.05) is 48.5 Å². The Bertz CT molecular complexity index is 976. The van der Waals surface area contributed by atoms with Crippen molar-refractivity contribution in [2.75, 3.05) is 6.61 Å². The predicted octanol–water partition coefficient (Wildman–Crippen LogP) is 3.30. The smallest absolute Gasteiger partial charge is 0.329 e. The Hall–Kier alpha value is -3.08. The third-order valence-electron chi connectivity index (χ3n) is 4.89. The number of nitrogens with one attached hydrogen (secondary N) is 1. The van der Waals surface area contributed by atoms with Gasteiger partial charge in [0.05, 0.1) is 12.2 Å². The summed E-state index contributed by atoms with van der Waals surface area (Å²) < 4.78 is 5.24. The molecule has 3 aromatic rings. The molecule has 1 aromatic heterocycles. The minimum absolute atomic E-state index is 0.157. The van der Waals surface area contributed by atoms with E-state index in [1.165, 1.54) is 0 Å². The van der Waals surface area contributed by atoms with Crippen LogP contribution in [0.3, 0.4) is 0 Å². The zero-order chi connectivity index (χ0) is 18.1. The van der Waals surface area contributed by atoms with E-state index in [-0.39, 0.29) is 11.9 Å². The molecule has 0 bridgehead atoms. The van der Waals surface area contributed by atoms with E-state index < -0.39 is 6.04 Å². The van der Waals surface area contributed by atoms with Crippen LogP contribution in [0.2, 0.25) is 0 Å². The van der Waals surface area contributed by atoms with E-state index in [0.717, 1.165) is 22.0 Å². The normalized spacial score (nSPS) is 16.3. The summed E-state index contributed by atoms with van der Waals surface area (Å²) in [5, 5.41) is 0.860. The van der Waals surface area contributed by atoms with Gasteiger partial charge in [0.1, 0.15) is 6.04 Å². The fourth-order valence-electron chi connectivity index (χ4n) is 3.59. The number of aromatic nitrogens is 1. The summed E-state index contributed by atoms with van der Waals surface area (Å²) in [6.45, 7) is 2.48. The lowest BCUT2D eigenvalue weighted by atomic mass is 9.93. The lowest BCUT2D eigenvalue weighted by Crippen LogP contribution is -2.49. The molecular weight excluding hydrogens is 328 g/mol. The SMILES string of the molecule is CCOC(=O)C1Cc2ccccc2CN1C(=O)c1c[nH]c2ccccc12. The number of esters is 1. The molecule has 0 radical (unpaired) electrons. The molecule has 4 rings (SSSR count). The quantitative estimate of drug-likeness (QED) is 0.739. The van der Waals surface area contributed by atoms with Gasteiger partial charge in [-0.2, -0.15) is 0 Å². The molecule has 2 heterocycles. The van der Waals surface area contributed by atoms with Crippen molar-refractivity contribution < 1.29 is 14.3 Å². The number of benzene rings is 2. The van der Waals surface area contributed by atoms with E-state index in [1.54, 1.807) is 18.0 Å². The number of amides is 1. The van der Waals surface area contributed by atoms with Crippen molar-refractivity contribution in [3.63, 3.8) is 0 Å². The highest BCUT2D eigenvalue weighted by Gasteiger charge is 2.36. The Morgan fingerprint density at radius 1 is 1.12 bits per heavy atom. The largest absolute Gasteiger partial charge is 0.464 e. The first-order chi connectivity index (χ1) is 12.7. The fourth-order valence-corrected chi connectivity index (χ4v) is 3.59. The summed E-state index contributed by atoms with van der Waals surface area (Å²) >= 11 is 0. The third-order valence-corrected chi connectivity index (χ3v) is 4.89. The summed E-state index contributed by atoms with van der Waals surface area (Å²) in [6.07, 6.45) is 2.19. The van der Waals surface area contributed by atoms with Crippen molar-refractivity contribution in [2.24, 2.45) is 0 Å². The van der Waals surface area contributed by atoms with Crippen LogP contribution in [0, 0.1) is 0 Å². The molecule has 0 saturated heterocycles. The lowest BCUT2D eigenvalue weighted by molar-refractivity contribution is -0.149. The van der Waals surface area contributed by atoms with Crippen molar-refractivity contribution >= 4 is 22.8 Å². The molecule has 5 heteroatoms. The first kappa shape index (κ1) is 16.4. The van der Waals surface area contributed by atoms with E-state index in [2.05, 4.69) is 4.98 Å². The molecule has 1 atom stereocenters. The van der Waals surface area contributed by atoms with Gasteiger partial charge < -0.3 is 14.6 Å². The number of carbonyl (C=O) groups excluding carboxylic acids is 2. The fraction of sp³-hybridized carbons (Fsp3) is 0.238. The van der Waals surface area contributed by atoms with E-state index in [0.29, 0.717) is 25.1 Å². The summed E-state index contributed by atoms with van der Waals surface area (Å²) in [7, 11) is 0. The second kappa shape index (κ2) is 6.67. The van der Waals surface area contributed by atoms with Crippen molar-refractivity contribution in [3.8, 4) is 0 Å². The number of H-pyrrole nitrogens is 1. The Balaban J connectivity index is 1.74. The maximum absolute atomic E-state index is 13.3. The Kier molecular flexibility index (Phi) is 4.21. The van der Waals surface area contributed by atoms with Crippen LogP contribution in [0.25, 0.3) is 10.9 Å². The predicted molar refractivity (Wildman–Crippen MR) is 98.7 cm³/mol. The molecule has 1 aliphatic rings. The van der Waals surface area contributed by atoms with E-state index in [9.17, 15) is 9.59 Å². The molecule has 0 fully saturated rings. The topological polar surface area (TPSA) is 62.4 Å². The van der Waals surface area contributed by atoms with Crippen LogP contribution in [0.15, 0.2) is 54.7 Å². The van der Waals surface area contributed by atoms with Gasteiger partial charge in [0, 0.05) is 30.1 Å². The number of para-hydroxylation sites is 1. The molecule has 1 amide bonds. The van der Waals surface area contributed by atoms with Gasteiger partial charge in [-0.25, -0.2) is 4.79 Å². The number of carbonyl (C=O) groups is 2. The van der Waals surface area contributed by atoms with Gasteiger partial charge in [0.15, 0.2) is 0 Å². The molecular formula is C21H20N2O3. The number of ether oxygens (including phenoxy) is 1. The van der Waals surface area contributed by atoms with Gasteiger partial charge in [-0.05, 0) is 24.1 Å². The van der Waals surface area contributed by atoms with E-state index >= 15 is 0 Å². The average Bonchev–Trinajstić information content (AvgIpc) is 3.10. The van der Waals surface area contributed by atoms with Crippen LogP contribution in [-0.4, -0.2) is 34.4 Å². The Morgan fingerprint density at radius 3 is 2.65 bits per heavy atom. The number of rotatable bonds is 3. The zero-order valence-corrected chi connectivity index (χ0v) is 14.6. The summed E-state index contributed by atoms with van der Waals surface area (Å²) in [4.78, 5) is 30.6. The molecule has 0 saturated carbocycles. The van der Waals surface area contributed by atoms with Crippen molar-refractivity contribution in [3.05, 3.63) is 71.4 Å². The first-order valence-electron chi connectivity index (χ1n) is 8.79. The van der Waals surface area contributed by atoms with Gasteiger partial charge >= 0.3 is 5.97 Å². The monoisotopic (exact) mass is 348 g/mol. The minimum atomic E-state index is -0.606. The van der Waals surface area contributed by atoms with Crippen LogP contribution in [-0.2, 0) is 22.5 Å². The van der Waals surface area contributed by atoms with Crippen LogP contribution in [0.5, 0.6) is 0 Å². The molecule has 0 aliphatic carbocycles. The number of nitrogens with zero attached hydrogens (tertiary/aromatic N) is 1. The molecule has 1 aliphatic heterocycles. The highest BCUT2D eigenvalue weighted by Crippen LogP contribution is 2.28. The maximum Gasteiger partial charge on any atom is 0.329 e.